The smallest absolute Gasteiger partial charge is 0.191 e. The number of aryl methyl sites for hydroxylation is 1. The molecule has 0 aliphatic rings. The largest absolute Gasteiger partial charge is 0.493 e. The predicted molar refractivity (Wildman–Crippen MR) is 112 cm³/mol. The molecule has 0 atom stereocenters. The molecule has 2 aromatic rings. The number of aromatic nitrogens is 1. The lowest BCUT2D eigenvalue weighted by Crippen LogP contribution is -2.36. The number of benzene rings is 1. The molecule has 0 fully saturated rings. The number of nitrogens with one attached hydrogen (secondary N) is 2. The van der Waals surface area contributed by atoms with Crippen molar-refractivity contribution in [2.45, 2.75) is 46.7 Å². The number of aliphatic imine (C=N–C) groups is 1. The fourth-order valence-electron chi connectivity index (χ4n) is 2.41. The van der Waals surface area contributed by atoms with Crippen LogP contribution < -0.4 is 20.1 Å². The van der Waals surface area contributed by atoms with E-state index in [1.807, 2.05) is 24.4 Å². The summed E-state index contributed by atoms with van der Waals surface area (Å²) in [5, 5.41) is 7.68. The number of methoxy groups -OCH3 is 1. The van der Waals surface area contributed by atoms with Crippen LogP contribution in [0.15, 0.2) is 29.4 Å². The van der Waals surface area contributed by atoms with E-state index >= 15 is 0 Å². The molecule has 1 heterocycles. The van der Waals surface area contributed by atoms with Crippen LogP contribution in [-0.4, -0.2) is 31.2 Å². The summed E-state index contributed by atoms with van der Waals surface area (Å²) in [6.45, 7) is 8.98. The normalized spacial score (nSPS) is 11.3. The van der Waals surface area contributed by atoms with Gasteiger partial charge in [-0.15, -0.1) is 11.3 Å². The van der Waals surface area contributed by atoms with Gasteiger partial charge in [-0.2, -0.15) is 0 Å². The zero-order valence-corrected chi connectivity index (χ0v) is 17.5. The quantitative estimate of drug-likeness (QED) is 0.478. The van der Waals surface area contributed by atoms with E-state index in [1.54, 1.807) is 18.4 Å². The van der Waals surface area contributed by atoms with E-state index < -0.39 is 0 Å². The minimum absolute atomic E-state index is 0.553. The van der Waals surface area contributed by atoms with Gasteiger partial charge in [-0.25, -0.2) is 9.98 Å². The van der Waals surface area contributed by atoms with E-state index in [0.717, 1.165) is 47.4 Å². The Morgan fingerprint density at radius 2 is 2.04 bits per heavy atom. The molecule has 27 heavy (non-hydrogen) atoms. The summed E-state index contributed by atoms with van der Waals surface area (Å²) in [6, 6.07) is 5.95. The first-order valence-corrected chi connectivity index (χ1v) is 10.3. The van der Waals surface area contributed by atoms with Crippen molar-refractivity contribution in [3.05, 3.63) is 39.8 Å². The summed E-state index contributed by atoms with van der Waals surface area (Å²) in [7, 11) is 1.66. The van der Waals surface area contributed by atoms with Crippen molar-refractivity contribution in [3.8, 4) is 11.5 Å². The molecule has 1 aromatic carbocycles. The predicted octanol–water partition coefficient (Wildman–Crippen LogP) is 3.76. The van der Waals surface area contributed by atoms with Gasteiger partial charge in [0.05, 0.1) is 26.8 Å². The highest BCUT2D eigenvalue weighted by molar-refractivity contribution is 7.11. The zero-order chi connectivity index (χ0) is 19.5. The number of guanidine groups is 1. The van der Waals surface area contributed by atoms with E-state index in [9.17, 15) is 0 Å². The molecule has 0 saturated heterocycles. The van der Waals surface area contributed by atoms with E-state index in [2.05, 4.69) is 41.4 Å². The summed E-state index contributed by atoms with van der Waals surface area (Å²) < 4.78 is 11.1. The second-order valence-corrected chi connectivity index (χ2v) is 7.16. The molecule has 0 radical (unpaired) electrons. The Kier molecular flexibility index (Phi) is 8.91. The number of rotatable bonds is 10. The van der Waals surface area contributed by atoms with Crippen molar-refractivity contribution in [1.82, 2.24) is 15.6 Å². The fraction of sp³-hybridized carbons (Fsp3) is 0.500. The molecular weight excluding hydrogens is 360 g/mol. The SMILES string of the molecule is CCCOc1ccc(CN=C(NCC)NCc2ncc(CC)s2)cc1OC. The number of thiazole rings is 1. The molecule has 148 valence electrons. The third kappa shape index (κ3) is 6.75. The summed E-state index contributed by atoms with van der Waals surface area (Å²) in [6.07, 6.45) is 3.93. The summed E-state index contributed by atoms with van der Waals surface area (Å²) in [5.74, 6) is 2.28. The van der Waals surface area contributed by atoms with Crippen molar-refractivity contribution in [1.29, 1.82) is 0 Å². The lowest BCUT2D eigenvalue weighted by atomic mass is 10.2. The lowest BCUT2D eigenvalue weighted by Gasteiger charge is -2.12. The summed E-state index contributed by atoms with van der Waals surface area (Å²) in [4.78, 5) is 10.4. The highest BCUT2D eigenvalue weighted by atomic mass is 32.1. The van der Waals surface area contributed by atoms with Gasteiger partial charge in [0.15, 0.2) is 17.5 Å². The second kappa shape index (κ2) is 11.4. The van der Waals surface area contributed by atoms with E-state index in [0.29, 0.717) is 19.7 Å². The minimum Gasteiger partial charge on any atom is -0.493 e. The minimum atomic E-state index is 0.553. The first-order chi connectivity index (χ1) is 13.2. The lowest BCUT2D eigenvalue weighted by molar-refractivity contribution is 0.294. The van der Waals surface area contributed by atoms with Gasteiger partial charge in [-0.05, 0) is 37.5 Å². The molecule has 0 spiro atoms. The van der Waals surface area contributed by atoms with Crippen LogP contribution in [0.1, 0.15) is 42.6 Å². The highest BCUT2D eigenvalue weighted by Crippen LogP contribution is 2.28. The average Bonchev–Trinajstić information content (AvgIpc) is 3.16. The van der Waals surface area contributed by atoms with Gasteiger partial charge in [-0.3, -0.25) is 0 Å². The second-order valence-electron chi connectivity index (χ2n) is 5.96. The van der Waals surface area contributed by atoms with Crippen LogP contribution in [0.5, 0.6) is 11.5 Å². The number of hydrogen-bond acceptors (Lipinski definition) is 5. The molecule has 0 amide bonds. The fourth-order valence-corrected chi connectivity index (χ4v) is 3.21. The molecule has 0 saturated carbocycles. The Hall–Kier alpha value is -2.28. The van der Waals surface area contributed by atoms with E-state index in [4.69, 9.17) is 9.47 Å². The van der Waals surface area contributed by atoms with Crippen molar-refractivity contribution >= 4 is 17.3 Å². The third-order valence-electron chi connectivity index (χ3n) is 3.81. The van der Waals surface area contributed by atoms with Crippen molar-refractivity contribution in [2.75, 3.05) is 20.3 Å². The number of ether oxygens (including phenoxy) is 2. The molecule has 0 aliphatic carbocycles. The number of nitrogens with zero attached hydrogens (tertiary/aromatic N) is 2. The topological polar surface area (TPSA) is 67.8 Å². The Labute approximate surface area is 166 Å². The first-order valence-electron chi connectivity index (χ1n) is 9.45. The molecule has 2 rings (SSSR count). The highest BCUT2D eigenvalue weighted by Gasteiger charge is 2.06. The summed E-state index contributed by atoms with van der Waals surface area (Å²) in [5.41, 5.74) is 1.07. The molecule has 0 unspecified atom stereocenters. The average molecular weight is 391 g/mol. The molecule has 0 aliphatic heterocycles. The summed E-state index contributed by atoms with van der Waals surface area (Å²) >= 11 is 1.73. The van der Waals surface area contributed by atoms with Crippen LogP contribution in [0, 0.1) is 0 Å². The molecule has 2 N–H and O–H groups in total. The van der Waals surface area contributed by atoms with Gasteiger partial charge in [0, 0.05) is 17.6 Å². The standard InChI is InChI=1S/C20H30N4O2S/c1-5-10-26-17-9-8-15(11-18(17)25-4)12-23-20(21-7-3)24-14-19-22-13-16(6-2)27-19/h8-9,11,13H,5-7,10,12,14H2,1-4H3,(H2,21,23,24). The van der Waals surface area contributed by atoms with Crippen molar-refractivity contribution in [2.24, 2.45) is 4.99 Å². The Morgan fingerprint density at radius 1 is 1.19 bits per heavy atom. The molecular formula is C20H30N4O2S. The van der Waals surface area contributed by atoms with Crippen LogP contribution in [0.4, 0.5) is 0 Å². The van der Waals surface area contributed by atoms with Gasteiger partial charge >= 0.3 is 0 Å². The van der Waals surface area contributed by atoms with Crippen LogP contribution in [0.2, 0.25) is 0 Å². The van der Waals surface area contributed by atoms with Crippen LogP contribution in [-0.2, 0) is 19.5 Å². The van der Waals surface area contributed by atoms with Gasteiger partial charge in [0.1, 0.15) is 5.01 Å². The van der Waals surface area contributed by atoms with Crippen molar-refractivity contribution in [3.63, 3.8) is 0 Å². The maximum atomic E-state index is 5.70. The van der Waals surface area contributed by atoms with Gasteiger partial charge in [0.2, 0.25) is 0 Å². The first kappa shape index (κ1) is 21.0. The Morgan fingerprint density at radius 3 is 2.70 bits per heavy atom. The maximum Gasteiger partial charge on any atom is 0.191 e. The van der Waals surface area contributed by atoms with Crippen molar-refractivity contribution < 1.29 is 9.47 Å². The van der Waals surface area contributed by atoms with Gasteiger partial charge in [0.25, 0.3) is 0 Å². The van der Waals surface area contributed by atoms with Crippen LogP contribution >= 0.6 is 11.3 Å². The van der Waals surface area contributed by atoms with Crippen LogP contribution in [0.25, 0.3) is 0 Å². The van der Waals surface area contributed by atoms with Gasteiger partial charge in [-0.1, -0.05) is 19.9 Å². The Bertz CT molecular complexity index is 731. The molecule has 1 aromatic heterocycles. The molecule has 6 nitrogen and oxygen atoms in total. The monoisotopic (exact) mass is 390 g/mol. The van der Waals surface area contributed by atoms with Gasteiger partial charge < -0.3 is 20.1 Å². The van der Waals surface area contributed by atoms with Crippen LogP contribution in [0.3, 0.4) is 0 Å². The number of hydrogen-bond donors (Lipinski definition) is 2. The molecule has 7 heteroatoms. The molecule has 0 bridgehead atoms. The Balaban J connectivity index is 2.00. The third-order valence-corrected chi connectivity index (χ3v) is 4.95. The van der Waals surface area contributed by atoms with E-state index in [1.165, 1.54) is 4.88 Å². The van der Waals surface area contributed by atoms with E-state index in [-0.39, 0.29) is 0 Å². The maximum absolute atomic E-state index is 5.70. The zero-order valence-electron chi connectivity index (χ0n) is 16.7.